The summed E-state index contributed by atoms with van der Waals surface area (Å²) < 4.78 is 5.49. The molecule has 0 saturated carbocycles. The first-order chi connectivity index (χ1) is 10.3. The Kier molecular flexibility index (Phi) is 4.75. The lowest BCUT2D eigenvalue weighted by Crippen LogP contribution is -2.55. The zero-order valence-electron chi connectivity index (χ0n) is 12.5. The Hall–Kier alpha value is -1.14. The molecule has 0 aliphatic carbocycles. The van der Waals surface area contributed by atoms with Crippen LogP contribution in [0, 0.1) is 0 Å². The van der Waals surface area contributed by atoms with E-state index in [2.05, 4.69) is 24.8 Å². The number of piperidine rings is 1. The first-order valence-electron chi connectivity index (χ1n) is 7.79. The molecule has 0 aromatic carbocycles. The summed E-state index contributed by atoms with van der Waals surface area (Å²) in [6, 6.07) is 0.945. The molecule has 2 aliphatic rings. The fourth-order valence-corrected chi connectivity index (χ4v) is 3.21. The molecule has 1 atom stereocenters. The van der Waals surface area contributed by atoms with E-state index in [9.17, 15) is 0 Å². The fourth-order valence-electron chi connectivity index (χ4n) is 3.06. The topological polar surface area (TPSA) is 54.4 Å². The summed E-state index contributed by atoms with van der Waals surface area (Å²) in [5.41, 5.74) is 0. The predicted octanol–water partition coefficient (Wildman–Crippen LogP) is 1.99. The van der Waals surface area contributed by atoms with Crippen molar-refractivity contribution in [2.24, 2.45) is 0 Å². The van der Waals surface area contributed by atoms with Crippen molar-refractivity contribution in [2.45, 2.75) is 38.6 Å². The minimum absolute atomic E-state index is 0.206. The quantitative estimate of drug-likeness (QED) is 0.847. The largest absolute Gasteiger partial charge is 0.463 e. The standard InChI is InChI=1S/C14H22ClN5O/c1-2-9-21-14-17-12(15)16-13(18-14)20-8-7-19-6-4-3-5-11(19)10-20/h11H,2-10H2,1H3. The number of hydrogen-bond acceptors (Lipinski definition) is 6. The minimum Gasteiger partial charge on any atom is -0.463 e. The zero-order valence-corrected chi connectivity index (χ0v) is 13.2. The van der Waals surface area contributed by atoms with Gasteiger partial charge >= 0.3 is 6.01 Å². The second-order valence-corrected chi connectivity index (χ2v) is 6.01. The third-order valence-corrected chi connectivity index (χ3v) is 4.30. The third kappa shape index (κ3) is 3.55. The highest BCUT2D eigenvalue weighted by molar-refractivity contribution is 6.28. The van der Waals surface area contributed by atoms with Gasteiger partial charge in [0.05, 0.1) is 6.61 Å². The molecule has 1 unspecified atom stereocenters. The van der Waals surface area contributed by atoms with Gasteiger partial charge in [-0.15, -0.1) is 0 Å². The lowest BCUT2D eigenvalue weighted by Gasteiger charge is -2.43. The Morgan fingerprint density at radius 2 is 2.10 bits per heavy atom. The summed E-state index contributed by atoms with van der Waals surface area (Å²) in [6.07, 6.45) is 4.81. The number of piperazine rings is 1. The van der Waals surface area contributed by atoms with Crippen LogP contribution in [0.25, 0.3) is 0 Å². The maximum Gasteiger partial charge on any atom is 0.322 e. The van der Waals surface area contributed by atoms with E-state index in [1.165, 1.54) is 25.8 Å². The summed E-state index contributed by atoms with van der Waals surface area (Å²) in [5.74, 6) is 0.645. The molecule has 7 heteroatoms. The molecule has 6 nitrogen and oxygen atoms in total. The first-order valence-corrected chi connectivity index (χ1v) is 8.17. The zero-order chi connectivity index (χ0) is 14.7. The van der Waals surface area contributed by atoms with Gasteiger partial charge in [-0.05, 0) is 37.4 Å². The van der Waals surface area contributed by atoms with Gasteiger partial charge in [-0.2, -0.15) is 15.0 Å². The van der Waals surface area contributed by atoms with Gasteiger partial charge in [-0.1, -0.05) is 13.3 Å². The average molecular weight is 312 g/mol. The number of nitrogens with zero attached hydrogens (tertiary/aromatic N) is 5. The minimum atomic E-state index is 0.206. The van der Waals surface area contributed by atoms with Gasteiger partial charge in [0.2, 0.25) is 11.2 Å². The molecular formula is C14H22ClN5O. The molecule has 2 fully saturated rings. The Balaban J connectivity index is 1.72. The molecular weight excluding hydrogens is 290 g/mol. The lowest BCUT2D eigenvalue weighted by molar-refractivity contribution is 0.132. The van der Waals surface area contributed by atoms with Crippen LogP contribution in [0.5, 0.6) is 6.01 Å². The third-order valence-electron chi connectivity index (χ3n) is 4.13. The van der Waals surface area contributed by atoms with E-state index in [-0.39, 0.29) is 5.28 Å². The SMILES string of the molecule is CCCOc1nc(Cl)nc(N2CCN3CCCCC3C2)n1. The van der Waals surface area contributed by atoms with Crippen LogP contribution in [0.15, 0.2) is 0 Å². The van der Waals surface area contributed by atoms with Crippen LogP contribution in [-0.2, 0) is 0 Å². The second-order valence-electron chi connectivity index (χ2n) is 5.67. The molecule has 0 spiro atoms. The maximum atomic E-state index is 6.01. The molecule has 0 radical (unpaired) electrons. The highest BCUT2D eigenvalue weighted by Crippen LogP contribution is 2.24. The Morgan fingerprint density at radius 3 is 2.95 bits per heavy atom. The van der Waals surface area contributed by atoms with Gasteiger partial charge < -0.3 is 9.64 Å². The van der Waals surface area contributed by atoms with E-state index in [1.54, 1.807) is 0 Å². The van der Waals surface area contributed by atoms with Crippen molar-refractivity contribution in [3.05, 3.63) is 5.28 Å². The molecule has 3 heterocycles. The van der Waals surface area contributed by atoms with Crippen LogP contribution >= 0.6 is 11.6 Å². The highest BCUT2D eigenvalue weighted by Gasteiger charge is 2.30. The molecule has 0 amide bonds. The van der Waals surface area contributed by atoms with Gasteiger partial charge in [0, 0.05) is 25.7 Å². The number of aromatic nitrogens is 3. The van der Waals surface area contributed by atoms with Crippen LogP contribution in [0.1, 0.15) is 32.6 Å². The van der Waals surface area contributed by atoms with Crippen LogP contribution < -0.4 is 9.64 Å². The van der Waals surface area contributed by atoms with E-state index in [0.29, 0.717) is 24.6 Å². The number of ether oxygens (including phenoxy) is 1. The van der Waals surface area contributed by atoms with Gasteiger partial charge in [0.25, 0.3) is 0 Å². The van der Waals surface area contributed by atoms with E-state index < -0.39 is 0 Å². The molecule has 2 aliphatic heterocycles. The van der Waals surface area contributed by atoms with Crippen LogP contribution in [0.4, 0.5) is 5.95 Å². The predicted molar refractivity (Wildman–Crippen MR) is 82.0 cm³/mol. The number of fused-ring (bicyclic) bond motifs is 1. The van der Waals surface area contributed by atoms with Crippen molar-refractivity contribution in [3.8, 4) is 6.01 Å². The van der Waals surface area contributed by atoms with E-state index >= 15 is 0 Å². The Morgan fingerprint density at radius 1 is 1.19 bits per heavy atom. The number of rotatable bonds is 4. The molecule has 0 bridgehead atoms. The Labute approximate surface area is 130 Å². The monoisotopic (exact) mass is 311 g/mol. The molecule has 21 heavy (non-hydrogen) atoms. The number of hydrogen-bond donors (Lipinski definition) is 0. The lowest BCUT2D eigenvalue weighted by atomic mass is 10.00. The molecule has 3 rings (SSSR count). The number of anilines is 1. The van der Waals surface area contributed by atoms with Gasteiger partial charge in [-0.3, -0.25) is 4.90 Å². The van der Waals surface area contributed by atoms with E-state index in [1.807, 2.05) is 6.92 Å². The summed E-state index contributed by atoms with van der Waals surface area (Å²) >= 11 is 6.01. The molecule has 0 N–H and O–H groups in total. The van der Waals surface area contributed by atoms with E-state index in [4.69, 9.17) is 16.3 Å². The summed E-state index contributed by atoms with van der Waals surface area (Å²) in [5, 5.41) is 0.206. The first kappa shape index (κ1) is 14.8. The summed E-state index contributed by atoms with van der Waals surface area (Å²) in [7, 11) is 0. The molecule has 2 saturated heterocycles. The van der Waals surface area contributed by atoms with Gasteiger partial charge in [0.1, 0.15) is 0 Å². The van der Waals surface area contributed by atoms with Crippen LogP contribution in [0.3, 0.4) is 0 Å². The normalized spacial score (nSPS) is 23.0. The smallest absolute Gasteiger partial charge is 0.322 e. The molecule has 1 aromatic heterocycles. The van der Waals surface area contributed by atoms with Crippen molar-refractivity contribution in [2.75, 3.05) is 37.7 Å². The van der Waals surface area contributed by atoms with Crippen molar-refractivity contribution in [3.63, 3.8) is 0 Å². The van der Waals surface area contributed by atoms with Crippen LogP contribution in [0.2, 0.25) is 5.28 Å². The fraction of sp³-hybridized carbons (Fsp3) is 0.786. The van der Waals surface area contributed by atoms with Crippen molar-refractivity contribution in [1.29, 1.82) is 0 Å². The van der Waals surface area contributed by atoms with Gasteiger partial charge in [0.15, 0.2) is 0 Å². The average Bonchev–Trinajstić information content (AvgIpc) is 2.52. The summed E-state index contributed by atoms with van der Waals surface area (Å²) in [4.78, 5) is 17.5. The second kappa shape index (κ2) is 6.75. The molecule has 116 valence electrons. The van der Waals surface area contributed by atoms with Crippen molar-refractivity contribution in [1.82, 2.24) is 19.9 Å². The highest BCUT2D eigenvalue weighted by atomic mass is 35.5. The molecule has 1 aromatic rings. The van der Waals surface area contributed by atoms with Crippen LogP contribution in [-0.4, -0.2) is 58.7 Å². The van der Waals surface area contributed by atoms with Crippen molar-refractivity contribution < 1.29 is 4.74 Å². The maximum absolute atomic E-state index is 6.01. The van der Waals surface area contributed by atoms with Crippen molar-refractivity contribution >= 4 is 17.5 Å². The Bertz CT molecular complexity index is 486. The van der Waals surface area contributed by atoms with Gasteiger partial charge in [-0.25, -0.2) is 0 Å². The summed E-state index contributed by atoms with van der Waals surface area (Å²) in [6.45, 7) is 6.83. The van der Waals surface area contributed by atoms with E-state index in [0.717, 1.165) is 26.1 Å². The number of halogens is 1.